The van der Waals surface area contributed by atoms with Gasteiger partial charge in [0.2, 0.25) is 5.91 Å². The normalized spacial score (nSPS) is 23.2. The molecule has 1 unspecified atom stereocenters. The van der Waals surface area contributed by atoms with E-state index in [9.17, 15) is 4.79 Å². The number of likely N-dealkylation sites (tertiary alicyclic amines) is 1. The molecule has 0 aromatic carbocycles. The highest BCUT2D eigenvalue weighted by molar-refractivity contribution is 7.98. The van der Waals surface area contributed by atoms with Crippen molar-refractivity contribution in [3.63, 3.8) is 0 Å². The van der Waals surface area contributed by atoms with Gasteiger partial charge in [0.1, 0.15) is 0 Å². The van der Waals surface area contributed by atoms with E-state index in [2.05, 4.69) is 11.8 Å². The van der Waals surface area contributed by atoms with Crippen molar-refractivity contribution in [2.75, 3.05) is 18.6 Å². The lowest BCUT2D eigenvalue weighted by atomic mass is 10.0. The van der Waals surface area contributed by atoms with Gasteiger partial charge in [0.25, 0.3) is 0 Å². The fourth-order valence-electron chi connectivity index (χ4n) is 1.80. The molecule has 0 bridgehead atoms. The monoisotopic (exact) mass is 201 g/mol. The second-order valence-electron chi connectivity index (χ2n) is 3.67. The Balaban J connectivity index is 2.35. The molecule has 1 saturated heterocycles. The molecule has 0 spiro atoms. The summed E-state index contributed by atoms with van der Waals surface area (Å²) < 4.78 is 0. The number of carbonyl (C=O) groups excluding carboxylic acids is 1. The first-order chi connectivity index (χ1) is 6.25. The van der Waals surface area contributed by atoms with Gasteiger partial charge in [0, 0.05) is 24.8 Å². The highest BCUT2D eigenvalue weighted by atomic mass is 32.2. The second-order valence-corrected chi connectivity index (χ2v) is 4.66. The van der Waals surface area contributed by atoms with Crippen molar-refractivity contribution in [3.8, 4) is 0 Å². The van der Waals surface area contributed by atoms with Gasteiger partial charge >= 0.3 is 0 Å². The van der Waals surface area contributed by atoms with Crippen LogP contribution in [0.2, 0.25) is 0 Å². The smallest absolute Gasteiger partial charge is 0.223 e. The standard InChI is InChI=1S/C10H19NOS/c1-9-5-3-4-7-11(9)10(12)6-8-13-2/h9H,3-8H2,1-2H3. The molecule has 1 atom stereocenters. The molecule has 1 rings (SSSR count). The average molecular weight is 201 g/mol. The van der Waals surface area contributed by atoms with Crippen LogP contribution in [0, 0.1) is 0 Å². The third-order valence-corrected chi connectivity index (χ3v) is 3.26. The maximum atomic E-state index is 11.7. The average Bonchev–Trinajstić information content (AvgIpc) is 2.15. The number of thioether (sulfide) groups is 1. The van der Waals surface area contributed by atoms with Crippen molar-refractivity contribution in [2.45, 2.75) is 38.6 Å². The molecule has 0 N–H and O–H groups in total. The fraction of sp³-hybridized carbons (Fsp3) is 0.900. The topological polar surface area (TPSA) is 20.3 Å². The zero-order valence-corrected chi connectivity index (χ0v) is 9.40. The molecule has 0 aromatic heterocycles. The van der Waals surface area contributed by atoms with Crippen molar-refractivity contribution in [2.24, 2.45) is 0 Å². The summed E-state index contributed by atoms with van der Waals surface area (Å²) in [7, 11) is 0. The number of carbonyl (C=O) groups is 1. The maximum Gasteiger partial charge on any atom is 0.223 e. The Bertz CT molecular complexity index is 172. The summed E-state index contributed by atoms with van der Waals surface area (Å²) in [5, 5.41) is 0. The quantitative estimate of drug-likeness (QED) is 0.697. The minimum Gasteiger partial charge on any atom is -0.340 e. The Kier molecular flexibility index (Phi) is 4.64. The Morgan fingerprint density at radius 2 is 2.31 bits per heavy atom. The SMILES string of the molecule is CSCCC(=O)N1CCCCC1C. The Morgan fingerprint density at radius 1 is 1.54 bits per heavy atom. The van der Waals surface area contributed by atoms with E-state index >= 15 is 0 Å². The molecule has 13 heavy (non-hydrogen) atoms. The molecule has 1 amide bonds. The van der Waals surface area contributed by atoms with E-state index in [-0.39, 0.29) is 0 Å². The molecule has 0 aromatic rings. The van der Waals surface area contributed by atoms with Crippen LogP contribution in [0.3, 0.4) is 0 Å². The lowest BCUT2D eigenvalue weighted by molar-refractivity contribution is -0.133. The van der Waals surface area contributed by atoms with E-state index in [1.54, 1.807) is 11.8 Å². The van der Waals surface area contributed by atoms with E-state index in [4.69, 9.17) is 0 Å². The minimum atomic E-state index is 0.349. The third-order valence-electron chi connectivity index (χ3n) is 2.64. The summed E-state index contributed by atoms with van der Waals surface area (Å²) in [6.45, 7) is 3.14. The molecule has 0 radical (unpaired) electrons. The van der Waals surface area contributed by atoms with E-state index in [1.807, 2.05) is 6.26 Å². The van der Waals surface area contributed by atoms with Crippen molar-refractivity contribution in [1.82, 2.24) is 4.90 Å². The molecule has 3 heteroatoms. The van der Waals surface area contributed by atoms with Crippen LogP contribution in [0.5, 0.6) is 0 Å². The Labute approximate surface area is 85.1 Å². The molecule has 1 aliphatic heterocycles. The van der Waals surface area contributed by atoms with E-state index in [0.29, 0.717) is 18.4 Å². The van der Waals surface area contributed by atoms with E-state index in [0.717, 1.165) is 12.3 Å². The van der Waals surface area contributed by atoms with Crippen LogP contribution in [-0.2, 0) is 4.79 Å². The lowest BCUT2D eigenvalue weighted by Crippen LogP contribution is -2.42. The zero-order valence-electron chi connectivity index (χ0n) is 8.58. The van der Waals surface area contributed by atoms with Crippen LogP contribution in [-0.4, -0.2) is 35.4 Å². The number of piperidine rings is 1. The summed E-state index contributed by atoms with van der Waals surface area (Å²) in [5.74, 6) is 1.31. The van der Waals surface area contributed by atoms with Crippen LogP contribution in [0.4, 0.5) is 0 Å². The molecule has 0 saturated carbocycles. The summed E-state index contributed by atoms with van der Waals surface area (Å²) in [6.07, 6.45) is 6.42. The van der Waals surface area contributed by atoms with Crippen molar-refractivity contribution < 1.29 is 4.79 Å². The van der Waals surface area contributed by atoms with Gasteiger partial charge < -0.3 is 4.90 Å². The Morgan fingerprint density at radius 3 is 2.92 bits per heavy atom. The van der Waals surface area contributed by atoms with E-state index in [1.165, 1.54) is 19.3 Å². The van der Waals surface area contributed by atoms with Gasteiger partial charge in [-0.3, -0.25) is 4.79 Å². The Hall–Kier alpha value is -0.180. The second kappa shape index (κ2) is 5.53. The van der Waals surface area contributed by atoms with Gasteiger partial charge in [0.15, 0.2) is 0 Å². The van der Waals surface area contributed by atoms with Crippen molar-refractivity contribution in [3.05, 3.63) is 0 Å². The first kappa shape index (κ1) is 10.9. The summed E-state index contributed by atoms with van der Waals surface area (Å²) in [4.78, 5) is 13.7. The number of hydrogen-bond acceptors (Lipinski definition) is 2. The van der Waals surface area contributed by atoms with Gasteiger partial charge in [-0.15, -0.1) is 0 Å². The molecular formula is C10H19NOS. The van der Waals surface area contributed by atoms with Gasteiger partial charge in [-0.25, -0.2) is 0 Å². The van der Waals surface area contributed by atoms with Crippen molar-refractivity contribution >= 4 is 17.7 Å². The molecular weight excluding hydrogens is 182 g/mol. The molecule has 1 aliphatic rings. The summed E-state index contributed by atoms with van der Waals surface area (Å²) in [5.41, 5.74) is 0. The predicted molar refractivity (Wildman–Crippen MR) is 58.0 cm³/mol. The zero-order chi connectivity index (χ0) is 9.68. The highest BCUT2D eigenvalue weighted by Crippen LogP contribution is 2.17. The lowest BCUT2D eigenvalue weighted by Gasteiger charge is -2.33. The maximum absolute atomic E-state index is 11.7. The molecule has 0 aliphatic carbocycles. The highest BCUT2D eigenvalue weighted by Gasteiger charge is 2.22. The molecule has 76 valence electrons. The van der Waals surface area contributed by atoms with Crippen molar-refractivity contribution in [1.29, 1.82) is 0 Å². The number of amides is 1. The third kappa shape index (κ3) is 3.22. The largest absolute Gasteiger partial charge is 0.340 e. The number of hydrogen-bond donors (Lipinski definition) is 0. The molecule has 1 heterocycles. The number of rotatable bonds is 3. The van der Waals surface area contributed by atoms with E-state index < -0.39 is 0 Å². The number of nitrogens with zero attached hydrogens (tertiary/aromatic N) is 1. The van der Waals surface area contributed by atoms with Gasteiger partial charge in [0.05, 0.1) is 0 Å². The van der Waals surface area contributed by atoms with Gasteiger partial charge in [-0.2, -0.15) is 11.8 Å². The van der Waals surface area contributed by atoms with Crippen LogP contribution >= 0.6 is 11.8 Å². The fourth-order valence-corrected chi connectivity index (χ4v) is 2.18. The molecule has 1 fully saturated rings. The minimum absolute atomic E-state index is 0.349. The predicted octanol–water partition coefficient (Wildman–Crippen LogP) is 2.14. The van der Waals surface area contributed by atoms with Gasteiger partial charge in [-0.1, -0.05) is 0 Å². The first-order valence-electron chi connectivity index (χ1n) is 5.04. The molecule has 2 nitrogen and oxygen atoms in total. The first-order valence-corrected chi connectivity index (χ1v) is 6.43. The summed E-state index contributed by atoms with van der Waals surface area (Å²) >= 11 is 1.75. The van der Waals surface area contributed by atoms with Crippen LogP contribution < -0.4 is 0 Å². The van der Waals surface area contributed by atoms with Crippen LogP contribution in [0.15, 0.2) is 0 Å². The summed E-state index contributed by atoms with van der Waals surface area (Å²) in [6, 6.07) is 0.475. The van der Waals surface area contributed by atoms with Crippen LogP contribution in [0.25, 0.3) is 0 Å². The van der Waals surface area contributed by atoms with Gasteiger partial charge in [-0.05, 0) is 32.4 Å². The van der Waals surface area contributed by atoms with Crippen LogP contribution in [0.1, 0.15) is 32.6 Å².